The molecule has 2 fully saturated rings. The van der Waals surface area contributed by atoms with Gasteiger partial charge in [0, 0.05) is 30.4 Å². The molecule has 1 atom stereocenters. The van der Waals surface area contributed by atoms with Gasteiger partial charge < -0.3 is 4.74 Å². The number of ether oxygens (including phenoxy) is 1. The summed E-state index contributed by atoms with van der Waals surface area (Å²) in [5.41, 5.74) is 0.665. The second kappa shape index (κ2) is 9.46. The fourth-order valence-corrected chi connectivity index (χ4v) is 4.80. The molecule has 0 bridgehead atoms. The molecule has 1 aromatic rings. The first kappa shape index (κ1) is 22.1. The normalized spacial score (nSPS) is 21.5. The molecule has 3 rings (SSSR count). The van der Waals surface area contributed by atoms with Gasteiger partial charge >= 0.3 is 6.09 Å². The number of likely N-dealkylation sites (tertiary alicyclic amines) is 1. The van der Waals surface area contributed by atoms with E-state index in [1.165, 1.54) is 18.4 Å². The van der Waals surface area contributed by atoms with E-state index in [4.69, 9.17) is 9.72 Å². The highest BCUT2D eigenvalue weighted by atomic mass is 16.6. The minimum absolute atomic E-state index is 0.173. The van der Waals surface area contributed by atoms with E-state index < -0.39 is 5.60 Å². The molecule has 0 N–H and O–H groups in total. The van der Waals surface area contributed by atoms with Gasteiger partial charge in [-0.1, -0.05) is 39.2 Å². The maximum Gasteiger partial charge on any atom is 0.416 e. The number of hydrogen-bond donors (Lipinski definition) is 0. The molecule has 1 aromatic heterocycles. The standard InChI is InChI=1S/C24H39N3O2/c1-18(2)17-26-16-10-14-21(26)20-13-9-15-25-22(20)27(19-11-7-6-8-12-19)23(28)29-24(3,4)5/h9,13,15,18-19,21H,6-8,10-12,14,16-17H2,1-5H3. The van der Waals surface area contributed by atoms with E-state index in [-0.39, 0.29) is 12.1 Å². The lowest BCUT2D eigenvalue weighted by molar-refractivity contribution is 0.0555. The van der Waals surface area contributed by atoms with Gasteiger partial charge in [-0.05, 0) is 65.0 Å². The van der Waals surface area contributed by atoms with Crippen LogP contribution in [0.3, 0.4) is 0 Å². The average molecular weight is 402 g/mol. The zero-order chi connectivity index (χ0) is 21.0. The van der Waals surface area contributed by atoms with Crippen molar-refractivity contribution < 1.29 is 9.53 Å². The molecule has 1 unspecified atom stereocenters. The smallest absolute Gasteiger partial charge is 0.416 e. The second-order valence-corrected chi connectivity index (χ2v) is 10.1. The fourth-order valence-electron chi connectivity index (χ4n) is 4.80. The number of carbonyl (C=O) groups is 1. The van der Waals surface area contributed by atoms with Crippen molar-refractivity contribution in [2.45, 2.75) is 97.2 Å². The van der Waals surface area contributed by atoms with Gasteiger partial charge in [-0.25, -0.2) is 9.78 Å². The monoisotopic (exact) mass is 401 g/mol. The Bertz CT molecular complexity index is 677. The van der Waals surface area contributed by atoms with Crippen LogP contribution in [0, 0.1) is 5.92 Å². The second-order valence-electron chi connectivity index (χ2n) is 10.1. The lowest BCUT2D eigenvalue weighted by Gasteiger charge is -2.37. The molecule has 5 heteroatoms. The number of rotatable bonds is 5. The quantitative estimate of drug-likeness (QED) is 0.612. The Balaban J connectivity index is 1.96. The molecule has 1 saturated carbocycles. The fraction of sp³-hybridized carbons (Fsp3) is 0.750. The summed E-state index contributed by atoms with van der Waals surface area (Å²) in [7, 11) is 0. The molecule has 1 aliphatic carbocycles. The molecule has 2 heterocycles. The molecule has 2 aliphatic rings. The highest BCUT2D eigenvalue weighted by Gasteiger charge is 2.36. The van der Waals surface area contributed by atoms with Gasteiger partial charge in [0.05, 0.1) is 0 Å². The third kappa shape index (κ3) is 5.71. The molecule has 1 saturated heterocycles. The first-order valence-electron chi connectivity index (χ1n) is 11.5. The van der Waals surface area contributed by atoms with Crippen LogP contribution in [0.1, 0.15) is 91.2 Å². The molecule has 1 aliphatic heterocycles. The predicted molar refractivity (Wildman–Crippen MR) is 118 cm³/mol. The number of pyridine rings is 1. The first-order chi connectivity index (χ1) is 13.8. The van der Waals surface area contributed by atoms with Gasteiger partial charge in [-0.2, -0.15) is 0 Å². The van der Waals surface area contributed by atoms with E-state index in [0.717, 1.165) is 51.0 Å². The largest absolute Gasteiger partial charge is 0.443 e. The molecule has 0 aromatic carbocycles. The van der Waals surface area contributed by atoms with Crippen LogP contribution in [0.15, 0.2) is 18.3 Å². The van der Waals surface area contributed by atoms with E-state index in [9.17, 15) is 4.79 Å². The van der Waals surface area contributed by atoms with Crippen LogP contribution in [0.4, 0.5) is 10.6 Å². The Kier molecular flexibility index (Phi) is 7.20. The maximum atomic E-state index is 13.3. The molecule has 162 valence electrons. The van der Waals surface area contributed by atoms with Crippen molar-refractivity contribution in [3.8, 4) is 0 Å². The van der Waals surface area contributed by atoms with Crippen LogP contribution in [0.2, 0.25) is 0 Å². The van der Waals surface area contributed by atoms with Crippen LogP contribution < -0.4 is 4.90 Å². The SMILES string of the molecule is CC(C)CN1CCCC1c1cccnc1N(C(=O)OC(C)(C)C)C1CCCCC1. The lowest BCUT2D eigenvalue weighted by atomic mass is 9.93. The Hall–Kier alpha value is -1.62. The summed E-state index contributed by atoms with van der Waals surface area (Å²) in [5.74, 6) is 1.44. The van der Waals surface area contributed by atoms with E-state index in [2.05, 4.69) is 24.8 Å². The van der Waals surface area contributed by atoms with Crippen LogP contribution >= 0.6 is 0 Å². The number of aromatic nitrogens is 1. The van der Waals surface area contributed by atoms with E-state index in [1.54, 1.807) is 0 Å². The minimum Gasteiger partial charge on any atom is -0.443 e. The highest BCUT2D eigenvalue weighted by Crippen LogP contribution is 2.39. The molecular weight excluding hydrogens is 362 g/mol. The van der Waals surface area contributed by atoms with Gasteiger partial charge in [0.15, 0.2) is 0 Å². The van der Waals surface area contributed by atoms with Crippen molar-refractivity contribution >= 4 is 11.9 Å². The van der Waals surface area contributed by atoms with Crippen molar-refractivity contribution in [2.75, 3.05) is 18.0 Å². The highest BCUT2D eigenvalue weighted by molar-refractivity contribution is 5.88. The number of amides is 1. The van der Waals surface area contributed by atoms with Crippen LogP contribution in [-0.2, 0) is 4.74 Å². The van der Waals surface area contributed by atoms with E-state index in [0.29, 0.717) is 12.0 Å². The maximum absolute atomic E-state index is 13.3. The van der Waals surface area contributed by atoms with Gasteiger partial charge in [0.1, 0.15) is 11.4 Å². The van der Waals surface area contributed by atoms with Crippen molar-refractivity contribution in [1.82, 2.24) is 9.88 Å². The molecular formula is C24H39N3O2. The Labute approximate surface area is 176 Å². The van der Waals surface area contributed by atoms with E-state index >= 15 is 0 Å². The third-order valence-corrected chi connectivity index (χ3v) is 5.90. The third-order valence-electron chi connectivity index (χ3n) is 5.90. The Morgan fingerprint density at radius 1 is 1.21 bits per heavy atom. The van der Waals surface area contributed by atoms with Gasteiger partial charge in [-0.15, -0.1) is 0 Å². The van der Waals surface area contributed by atoms with Crippen molar-refractivity contribution in [3.05, 3.63) is 23.9 Å². The van der Waals surface area contributed by atoms with Crippen molar-refractivity contribution in [3.63, 3.8) is 0 Å². The van der Waals surface area contributed by atoms with Gasteiger partial charge in [0.2, 0.25) is 0 Å². The molecule has 29 heavy (non-hydrogen) atoms. The zero-order valence-electron chi connectivity index (χ0n) is 19.0. The zero-order valence-corrected chi connectivity index (χ0v) is 19.0. The summed E-state index contributed by atoms with van der Waals surface area (Å²) in [6.07, 6.45) is 9.51. The molecule has 0 spiro atoms. The molecule has 1 amide bonds. The van der Waals surface area contributed by atoms with E-state index in [1.807, 2.05) is 37.9 Å². The minimum atomic E-state index is -0.518. The summed E-state index contributed by atoms with van der Waals surface area (Å²) in [4.78, 5) is 22.6. The number of hydrogen-bond acceptors (Lipinski definition) is 4. The first-order valence-corrected chi connectivity index (χ1v) is 11.5. The van der Waals surface area contributed by atoms with Crippen LogP contribution in [0.25, 0.3) is 0 Å². The van der Waals surface area contributed by atoms with Crippen molar-refractivity contribution in [2.24, 2.45) is 5.92 Å². The summed E-state index contributed by atoms with van der Waals surface area (Å²) in [6, 6.07) is 4.69. The summed E-state index contributed by atoms with van der Waals surface area (Å²) in [6.45, 7) is 12.5. The van der Waals surface area contributed by atoms with Gasteiger partial charge in [0.25, 0.3) is 0 Å². The topological polar surface area (TPSA) is 45.7 Å². The Morgan fingerprint density at radius 3 is 2.59 bits per heavy atom. The van der Waals surface area contributed by atoms with Crippen LogP contribution in [-0.4, -0.2) is 40.7 Å². The number of nitrogens with zero attached hydrogens (tertiary/aromatic N) is 3. The molecule has 0 radical (unpaired) electrons. The number of anilines is 1. The predicted octanol–water partition coefficient (Wildman–Crippen LogP) is 5.95. The van der Waals surface area contributed by atoms with Gasteiger partial charge in [-0.3, -0.25) is 9.80 Å². The summed E-state index contributed by atoms with van der Waals surface area (Å²) >= 11 is 0. The summed E-state index contributed by atoms with van der Waals surface area (Å²) < 4.78 is 5.85. The number of carbonyl (C=O) groups excluding carboxylic acids is 1. The summed E-state index contributed by atoms with van der Waals surface area (Å²) in [5, 5.41) is 0. The van der Waals surface area contributed by atoms with Crippen molar-refractivity contribution in [1.29, 1.82) is 0 Å². The average Bonchev–Trinajstić information content (AvgIpc) is 3.09. The van der Waals surface area contributed by atoms with Crippen LogP contribution in [0.5, 0.6) is 0 Å². The Morgan fingerprint density at radius 2 is 1.93 bits per heavy atom. The molecule has 5 nitrogen and oxygen atoms in total. The lowest BCUT2D eigenvalue weighted by Crippen LogP contribution is -2.45.